The molecule has 0 aliphatic rings. The molecule has 106 valence electrons. The zero-order chi connectivity index (χ0) is 14.5. The molecule has 2 aromatic carbocycles. The van der Waals surface area contributed by atoms with Crippen LogP contribution in [-0.2, 0) is 13.1 Å². The normalized spacial score (nSPS) is 10.6. The number of anilines is 1. The smallest absolute Gasteiger partial charge is 0.0471 e. The van der Waals surface area contributed by atoms with Gasteiger partial charge in [0.05, 0.1) is 0 Å². The molecule has 0 aromatic heterocycles. The summed E-state index contributed by atoms with van der Waals surface area (Å²) in [4.78, 5) is 2.19. The van der Waals surface area contributed by atoms with Crippen molar-refractivity contribution in [3.63, 3.8) is 0 Å². The van der Waals surface area contributed by atoms with Crippen LogP contribution in [-0.4, -0.2) is 14.1 Å². The number of benzene rings is 2. The first kappa shape index (κ1) is 15.4. The minimum absolute atomic E-state index is 0.785. The highest BCUT2D eigenvalue weighted by atomic mass is 79.9. The molecule has 0 saturated carbocycles. The van der Waals surface area contributed by atoms with Crippen molar-refractivity contribution in [3.05, 3.63) is 63.1 Å². The zero-order valence-corrected chi connectivity index (χ0v) is 14.0. The molecule has 0 amide bonds. The Labute approximate surface area is 133 Å². The van der Waals surface area contributed by atoms with Gasteiger partial charge in [0.15, 0.2) is 0 Å². The second-order valence-electron chi connectivity index (χ2n) is 4.75. The maximum absolute atomic E-state index is 6.31. The highest BCUT2D eigenvalue weighted by Gasteiger charge is 2.07. The Balaban J connectivity index is 2.15. The Hall–Kier alpha value is -1.03. The fraction of sp³-hybridized carbons (Fsp3) is 0.250. The van der Waals surface area contributed by atoms with E-state index in [-0.39, 0.29) is 0 Å². The maximum atomic E-state index is 6.31. The van der Waals surface area contributed by atoms with E-state index in [0.29, 0.717) is 0 Å². The summed E-state index contributed by atoms with van der Waals surface area (Å²) in [7, 11) is 3.99. The Morgan fingerprint density at radius 2 is 1.90 bits per heavy atom. The molecule has 0 spiro atoms. The van der Waals surface area contributed by atoms with Crippen LogP contribution in [0.15, 0.2) is 46.9 Å². The van der Waals surface area contributed by atoms with Crippen molar-refractivity contribution < 1.29 is 0 Å². The monoisotopic (exact) mass is 352 g/mol. The Kier molecular flexibility index (Phi) is 5.46. The third-order valence-electron chi connectivity index (χ3n) is 3.21. The lowest BCUT2D eigenvalue weighted by Gasteiger charge is -2.21. The first-order valence-corrected chi connectivity index (χ1v) is 7.66. The molecule has 1 N–H and O–H groups in total. The number of nitrogens with zero attached hydrogens (tertiary/aromatic N) is 1. The van der Waals surface area contributed by atoms with Gasteiger partial charge in [-0.25, -0.2) is 0 Å². The third kappa shape index (κ3) is 3.75. The van der Waals surface area contributed by atoms with Gasteiger partial charge in [-0.15, -0.1) is 0 Å². The summed E-state index contributed by atoms with van der Waals surface area (Å²) in [5, 5.41) is 3.92. The van der Waals surface area contributed by atoms with Crippen LogP contribution in [0.3, 0.4) is 0 Å². The predicted molar refractivity (Wildman–Crippen MR) is 90.5 cm³/mol. The molecule has 0 aliphatic heterocycles. The van der Waals surface area contributed by atoms with Gasteiger partial charge in [0.1, 0.15) is 0 Å². The summed E-state index contributed by atoms with van der Waals surface area (Å²) in [6, 6.07) is 14.5. The topological polar surface area (TPSA) is 15.3 Å². The molecule has 0 radical (unpaired) electrons. The molecule has 20 heavy (non-hydrogen) atoms. The highest BCUT2D eigenvalue weighted by molar-refractivity contribution is 9.10. The van der Waals surface area contributed by atoms with Gasteiger partial charge in [-0.2, -0.15) is 0 Å². The van der Waals surface area contributed by atoms with Crippen LogP contribution in [0.2, 0.25) is 5.02 Å². The molecule has 0 atom stereocenters. The van der Waals surface area contributed by atoms with Crippen LogP contribution in [0.5, 0.6) is 0 Å². The van der Waals surface area contributed by atoms with Gasteiger partial charge < -0.3 is 10.2 Å². The van der Waals surface area contributed by atoms with Gasteiger partial charge in [-0.3, -0.25) is 0 Å². The molecular weight excluding hydrogens is 336 g/mol. The average molecular weight is 354 g/mol. The third-order valence-corrected chi connectivity index (χ3v) is 4.34. The van der Waals surface area contributed by atoms with E-state index in [9.17, 15) is 0 Å². The summed E-state index contributed by atoms with van der Waals surface area (Å²) in [5.74, 6) is 0. The molecule has 0 unspecified atom stereocenters. The summed E-state index contributed by atoms with van der Waals surface area (Å²) in [6.45, 7) is 1.62. The van der Waals surface area contributed by atoms with Gasteiger partial charge in [-0.05, 0) is 36.4 Å². The molecule has 2 rings (SSSR count). The van der Waals surface area contributed by atoms with Crippen LogP contribution in [0.4, 0.5) is 5.69 Å². The first-order chi connectivity index (χ1) is 9.61. The molecule has 2 aromatic rings. The lowest BCUT2D eigenvalue weighted by molar-refractivity contribution is 0.817. The Morgan fingerprint density at radius 1 is 1.15 bits per heavy atom. The average Bonchev–Trinajstić information content (AvgIpc) is 2.43. The standard InChI is InChI=1S/C16H18BrClN2/c1-19-10-12-7-8-14(9-16(12)18)20(2)11-13-5-3-4-6-15(13)17/h3-9,19H,10-11H2,1-2H3. The zero-order valence-electron chi connectivity index (χ0n) is 11.7. The molecule has 0 saturated heterocycles. The van der Waals surface area contributed by atoms with E-state index in [1.54, 1.807) is 0 Å². The second-order valence-corrected chi connectivity index (χ2v) is 6.02. The Morgan fingerprint density at radius 3 is 2.55 bits per heavy atom. The van der Waals surface area contributed by atoms with E-state index in [0.717, 1.165) is 33.8 Å². The fourth-order valence-corrected chi connectivity index (χ4v) is 2.73. The number of nitrogens with one attached hydrogen (secondary N) is 1. The lowest BCUT2D eigenvalue weighted by Crippen LogP contribution is -2.17. The predicted octanol–water partition coefficient (Wildman–Crippen LogP) is 4.46. The summed E-state index contributed by atoms with van der Waals surface area (Å²) in [5.41, 5.74) is 3.49. The highest BCUT2D eigenvalue weighted by Crippen LogP contribution is 2.25. The summed E-state index contributed by atoms with van der Waals surface area (Å²) < 4.78 is 1.13. The van der Waals surface area contributed by atoms with Crippen molar-refractivity contribution in [2.45, 2.75) is 13.1 Å². The quantitative estimate of drug-likeness (QED) is 0.854. The van der Waals surface area contributed by atoms with Crippen LogP contribution in [0.1, 0.15) is 11.1 Å². The number of halogens is 2. The van der Waals surface area contributed by atoms with Gasteiger partial charge >= 0.3 is 0 Å². The van der Waals surface area contributed by atoms with Gasteiger partial charge in [0.25, 0.3) is 0 Å². The van der Waals surface area contributed by atoms with Crippen LogP contribution in [0, 0.1) is 0 Å². The van der Waals surface area contributed by atoms with Gasteiger partial charge in [0.2, 0.25) is 0 Å². The molecule has 0 aliphatic carbocycles. The molecule has 4 heteroatoms. The van der Waals surface area contributed by atoms with Gasteiger partial charge in [-0.1, -0.05) is 51.8 Å². The number of hydrogen-bond acceptors (Lipinski definition) is 2. The van der Waals surface area contributed by atoms with E-state index in [1.807, 2.05) is 19.2 Å². The largest absolute Gasteiger partial charge is 0.370 e. The van der Waals surface area contributed by atoms with Crippen molar-refractivity contribution in [2.24, 2.45) is 0 Å². The van der Waals surface area contributed by atoms with Crippen LogP contribution < -0.4 is 10.2 Å². The van der Waals surface area contributed by atoms with Crippen molar-refractivity contribution in [3.8, 4) is 0 Å². The lowest BCUT2D eigenvalue weighted by atomic mass is 10.1. The van der Waals surface area contributed by atoms with Gasteiger partial charge in [0, 0.05) is 35.3 Å². The van der Waals surface area contributed by atoms with Crippen molar-refractivity contribution in [1.29, 1.82) is 0 Å². The Bertz CT molecular complexity index is 586. The summed E-state index contributed by atoms with van der Waals surface area (Å²) in [6.07, 6.45) is 0. The minimum atomic E-state index is 0.785. The minimum Gasteiger partial charge on any atom is -0.370 e. The molecular formula is C16H18BrClN2. The van der Waals surface area contributed by atoms with Crippen LogP contribution >= 0.6 is 27.5 Å². The van der Waals surface area contributed by atoms with E-state index < -0.39 is 0 Å². The first-order valence-electron chi connectivity index (χ1n) is 6.49. The molecule has 0 heterocycles. The molecule has 0 bridgehead atoms. The van der Waals surface area contributed by atoms with E-state index in [4.69, 9.17) is 11.6 Å². The van der Waals surface area contributed by atoms with Crippen molar-refractivity contribution >= 4 is 33.2 Å². The second kappa shape index (κ2) is 7.11. The van der Waals surface area contributed by atoms with E-state index >= 15 is 0 Å². The van der Waals surface area contributed by atoms with Crippen molar-refractivity contribution in [2.75, 3.05) is 19.0 Å². The maximum Gasteiger partial charge on any atom is 0.0471 e. The van der Waals surface area contributed by atoms with Crippen LogP contribution in [0.25, 0.3) is 0 Å². The summed E-state index contributed by atoms with van der Waals surface area (Å²) >= 11 is 9.89. The molecule has 0 fully saturated rings. The number of hydrogen-bond donors (Lipinski definition) is 1. The fourth-order valence-electron chi connectivity index (χ4n) is 2.08. The molecule has 2 nitrogen and oxygen atoms in total. The van der Waals surface area contributed by atoms with Crippen molar-refractivity contribution in [1.82, 2.24) is 5.32 Å². The number of rotatable bonds is 5. The SMILES string of the molecule is CNCc1ccc(N(C)Cc2ccccc2Br)cc1Cl. The van der Waals surface area contributed by atoms with E-state index in [1.165, 1.54) is 5.56 Å². The van der Waals surface area contributed by atoms with E-state index in [2.05, 4.69) is 63.5 Å².